The normalized spacial score (nSPS) is 21.6. The van der Waals surface area contributed by atoms with Gasteiger partial charge >= 0.3 is 0 Å². The maximum atomic E-state index is 14.3. The Balaban J connectivity index is 1.41. The fraction of sp³-hybridized carbons (Fsp3) is 0.533. The summed E-state index contributed by atoms with van der Waals surface area (Å²) in [5.74, 6) is 0.513. The number of amides is 1. The lowest BCUT2D eigenvalue weighted by molar-refractivity contribution is 0.0754. The van der Waals surface area contributed by atoms with Gasteiger partial charge in [-0.05, 0) is 107 Å². The smallest absolute Gasteiger partial charge is 0.256 e. The monoisotopic (exact) mass is 506 g/mol. The van der Waals surface area contributed by atoms with E-state index < -0.39 is 5.82 Å². The Morgan fingerprint density at radius 3 is 2.57 bits per heavy atom. The van der Waals surface area contributed by atoms with Crippen molar-refractivity contribution in [1.82, 2.24) is 19.4 Å². The highest BCUT2D eigenvalue weighted by atomic mass is 19.1. The van der Waals surface area contributed by atoms with Crippen LogP contribution in [-0.2, 0) is 0 Å². The number of carbonyl (C=O) groups excluding carboxylic acids is 1. The highest BCUT2D eigenvalue weighted by Crippen LogP contribution is 2.37. The highest BCUT2D eigenvalue weighted by Gasteiger charge is 2.28. The summed E-state index contributed by atoms with van der Waals surface area (Å²) in [6.07, 6.45) is 12.0. The van der Waals surface area contributed by atoms with Gasteiger partial charge in [0.05, 0.1) is 29.1 Å². The number of likely N-dealkylation sites (tertiary alicyclic amines) is 1. The minimum absolute atomic E-state index is 0.00566. The van der Waals surface area contributed by atoms with Gasteiger partial charge in [0.2, 0.25) is 0 Å². The molecule has 0 spiro atoms. The molecule has 6 nitrogen and oxygen atoms in total. The third kappa shape index (κ3) is 5.43. The number of pyridine rings is 1. The average Bonchev–Trinajstić information content (AvgIpc) is 3.29. The predicted molar refractivity (Wildman–Crippen MR) is 145 cm³/mol. The van der Waals surface area contributed by atoms with Crippen LogP contribution in [-0.4, -0.2) is 69.2 Å². The molecule has 1 amide bonds. The molecule has 1 N–H and O–H groups in total. The summed E-state index contributed by atoms with van der Waals surface area (Å²) < 4.78 is 16.3. The van der Waals surface area contributed by atoms with Crippen molar-refractivity contribution < 1.29 is 14.3 Å². The van der Waals surface area contributed by atoms with Gasteiger partial charge in [0, 0.05) is 37.4 Å². The molecule has 5 rings (SSSR count). The van der Waals surface area contributed by atoms with E-state index in [2.05, 4.69) is 22.1 Å². The van der Waals surface area contributed by atoms with E-state index >= 15 is 0 Å². The van der Waals surface area contributed by atoms with E-state index in [1.807, 2.05) is 30.8 Å². The number of fused-ring (bicyclic) bond motifs is 1. The fourth-order valence-corrected chi connectivity index (χ4v) is 6.06. The summed E-state index contributed by atoms with van der Waals surface area (Å²) in [5, 5.41) is 11.0. The molecule has 37 heavy (non-hydrogen) atoms. The van der Waals surface area contributed by atoms with Gasteiger partial charge in [-0.2, -0.15) is 0 Å². The van der Waals surface area contributed by atoms with E-state index in [-0.39, 0.29) is 18.1 Å². The first-order valence-electron chi connectivity index (χ1n) is 13.7. The molecule has 0 radical (unpaired) electrons. The highest BCUT2D eigenvalue weighted by molar-refractivity contribution is 5.99. The van der Waals surface area contributed by atoms with Crippen molar-refractivity contribution in [1.29, 1.82) is 0 Å². The number of halogens is 1. The molecule has 7 heteroatoms. The fourth-order valence-electron chi connectivity index (χ4n) is 6.06. The van der Waals surface area contributed by atoms with Crippen LogP contribution in [0.5, 0.6) is 0 Å². The maximum Gasteiger partial charge on any atom is 0.256 e. The Kier molecular flexibility index (Phi) is 7.63. The van der Waals surface area contributed by atoms with E-state index in [0.29, 0.717) is 23.1 Å². The lowest BCUT2D eigenvalue weighted by atomic mass is 9.85. The number of rotatable bonds is 6. The van der Waals surface area contributed by atoms with Crippen molar-refractivity contribution in [3.05, 3.63) is 59.8 Å². The number of aliphatic hydroxyl groups excluding tert-OH is 1. The molecular weight excluding hydrogens is 467 g/mol. The second kappa shape index (κ2) is 10.9. The summed E-state index contributed by atoms with van der Waals surface area (Å²) in [6.45, 7) is 7.18. The Bertz CT molecular complexity index is 1240. The average molecular weight is 507 g/mol. The van der Waals surface area contributed by atoms with Gasteiger partial charge in [-0.15, -0.1) is 0 Å². The summed E-state index contributed by atoms with van der Waals surface area (Å²) in [5.41, 5.74) is 3.25. The molecule has 0 atom stereocenters. The van der Waals surface area contributed by atoms with Gasteiger partial charge in [-0.25, -0.2) is 4.39 Å². The third-order valence-electron chi connectivity index (χ3n) is 8.54. The number of hydrogen-bond acceptors (Lipinski definition) is 4. The van der Waals surface area contributed by atoms with Crippen molar-refractivity contribution in [3.63, 3.8) is 0 Å². The van der Waals surface area contributed by atoms with Crippen LogP contribution in [0.1, 0.15) is 74.2 Å². The summed E-state index contributed by atoms with van der Waals surface area (Å²) in [7, 11) is 1.76. The zero-order chi connectivity index (χ0) is 26.1. The Hall–Kier alpha value is -2.77. The zero-order valence-corrected chi connectivity index (χ0v) is 22.2. The second-order valence-corrected chi connectivity index (χ2v) is 11.3. The van der Waals surface area contributed by atoms with E-state index in [9.17, 15) is 14.3 Å². The van der Waals surface area contributed by atoms with Crippen LogP contribution >= 0.6 is 0 Å². The molecule has 2 fully saturated rings. The van der Waals surface area contributed by atoms with Gasteiger partial charge in [-0.1, -0.05) is 0 Å². The van der Waals surface area contributed by atoms with Crippen LogP contribution in [0.3, 0.4) is 0 Å². The largest absolute Gasteiger partial charge is 0.393 e. The molecule has 3 heterocycles. The van der Waals surface area contributed by atoms with Crippen LogP contribution in [0.25, 0.3) is 16.6 Å². The van der Waals surface area contributed by atoms with Crippen molar-refractivity contribution in [2.45, 2.75) is 70.4 Å². The second-order valence-electron chi connectivity index (χ2n) is 11.3. The van der Waals surface area contributed by atoms with Gasteiger partial charge in [-0.3, -0.25) is 9.78 Å². The van der Waals surface area contributed by atoms with E-state index in [1.54, 1.807) is 18.0 Å². The lowest BCUT2D eigenvalue weighted by Gasteiger charge is -2.36. The number of aromatic nitrogens is 2. The first-order chi connectivity index (χ1) is 17.8. The number of hydrogen-bond donors (Lipinski definition) is 1. The number of piperidine rings is 1. The summed E-state index contributed by atoms with van der Waals surface area (Å²) >= 11 is 0. The molecule has 1 aliphatic carbocycles. The molecule has 1 aliphatic heterocycles. The quantitative estimate of drug-likeness (QED) is 0.488. The van der Waals surface area contributed by atoms with E-state index in [0.717, 1.165) is 69.1 Å². The van der Waals surface area contributed by atoms with Gasteiger partial charge in [0.15, 0.2) is 0 Å². The minimum atomic E-state index is -0.418. The van der Waals surface area contributed by atoms with Crippen LogP contribution in [0.4, 0.5) is 4.39 Å². The molecule has 0 unspecified atom stereocenters. The Morgan fingerprint density at radius 2 is 1.86 bits per heavy atom. The summed E-state index contributed by atoms with van der Waals surface area (Å²) in [6, 6.07) is 6.54. The van der Waals surface area contributed by atoms with Crippen LogP contribution in [0.2, 0.25) is 0 Å². The van der Waals surface area contributed by atoms with E-state index in [4.69, 9.17) is 0 Å². The maximum absolute atomic E-state index is 14.3. The molecule has 3 aromatic rings. The van der Waals surface area contributed by atoms with Crippen molar-refractivity contribution in [2.75, 3.05) is 26.7 Å². The molecule has 1 saturated heterocycles. The zero-order valence-electron chi connectivity index (χ0n) is 22.2. The van der Waals surface area contributed by atoms with Crippen molar-refractivity contribution in [2.24, 2.45) is 5.92 Å². The standard InChI is InChI=1S/C30H39FN4O2/c1-20(2)33(3)30(37)26-16-23(31)6-9-28(26)35-19-27(25-10-13-32-17-29(25)35)22-11-14-34(15-12-22)18-21-4-7-24(36)8-5-21/h6,9-10,13,16-17,19-22,24,36H,4-5,7-8,11-12,14-15,18H2,1-3H3. The molecule has 198 valence electrons. The Morgan fingerprint density at radius 1 is 1.14 bits per heavy atom. The van der Waals surface area contributed by atoms with E-state index in [1.165, 1.54) is 17.7 Å². The lowest BCUT2D eigenvalue weighted by Crippen LogP contribution is -2.37. The van der Waals surface area contributed by atoms with Gasteiger partial charge < -0.3 is 19.5 Å². The van der Waals surface area contributed by atoms with Gasteiger partial charge in [0.25, 0.3) is 5.91 Å². The molecule has 0 bridgehead atoms. The van der Waals surface area contributed by atoms with Crippen molar-refractivity contribution in [3.8, 4) is 5.69 Å². The van der Waals surface area contributed by atoms with Gasteiger partial charge in [0.1, 0.15) is 5.82 Å². The molecular formula is C30H39FN4O2. The minimum Gasteiger partial charge on any atom is -0.393 e. The van der Waals surface area contributed by atoms with Crippen LogP contribution in [0.15, 0.2) is 42.9 Å². The third-order valence-corrected chi connectivity index (χ3v) is 8.54. The number of carbonyl (C=O) groups is 1. The number of aliphatic hydroxyl groups is 1. The van der Waals surface area contributed by atoms with Crippen molar-refractivity contribution >= 4 is 16.8 Å². The molecule has 2 aromatic heterocycles. The van der Waals surface area contributed by atoms with Crippen LogP contribution < -0.4 is 0 Å². The predicted octanol–water partition coefficient (Wildman–Crippen LogP) is 5.38. The number of nitrogens with zero attached hydrogens (tertiary/aromatic N) is 4. The first kappa shape index (κ1) is 25.9. The number of benzene rings is 1. The molecule has 2 aliphatic rings. The SMILES string of the molecule is CC(C)N(C)C(=O)c1cc(F)ccc1-n1cc(C2CCN(CC3CCC(O)CC3)CC2)c2ccncc21. The van der Waals surface area contributed by atoms with Crippen LogP contribution in [0, 0.1) is 11.7 Å². The Labute approximate surface area is 219 Å². The topological polar surface area (TPSA) is 61.6 Å². The molecule has 1 saturated carbocycles. The summed E-state index contributed by atoms with van der Waals surface area (Å²) in [4.78, 5) is 21.9. The first-order valence-corrected chi connectivity index (χ1v) is 13.7. The molecule has 1 aromatic carbocycles.